The predicted molar refractivity (Wildman–Crippen MR) is 70.9 cm³/mol. The fourth-order valence-corrected chi connectivity index (χ4v) is 5.61. The van der Waals surface area contributed by atoms with E-state index in [1.807, 2.05) is 0 Å². The lowest BCUT2D eigenvalue weighted by molar-refractivity contribution is 1.35. The highest BCUT2D eigenvalue weighted by Gasteiger charge is 2.11. The second-order valence-corrected chi connectivity index (χ2v) is 8.19. The summed E-state index contributed by atoms with van der Waals surface area (Å²) in [5.41, 5.74) is 27.0. The zero-order valence-corrected chi connectivity index (χ0v) is 11.9. The minimum absolute atomic E-state index is 0.189. The molecule has 0 aromatic heterocycles. The number of nitrogens with one attached hydrogen (secondary N) is 4. The Labute approximate surface area is 90.3 Å². The molecule has 14 heteroatoms. The number of hydrogen-bond donors (Lipinski definition) is 9. The Kier molecular flexibility index (Phi) is 11.3. The molecule has 86 valence electrons. The van der Waals surface area contributed by atoms with Crippen molar-refractivity contribution in [3.63, 3.8) is 0 Å². The molecule has 0 aromatic carbocycles. The third-order valence-corrected chi connectivity index (χ3v) is 6.60. The van der Waals surface area contributed by atoms with Gasteiger partial charge in [0.2, 0.25) is 0 Å². The molecule has 2 atom stereocenters. The van der Waals surface area contributed by atoms with Crippen molar-refractivity contribution in [2.45, 2.75) is 0 Å². The Morgan fingerprint density at radius 1 is 0.929 bits per heavy atom. The summed E-state index contributed by atoms with van der Waals surface area (Å²) in [6.45, 7) is 0. The van der Waals surface area contributed by atoms with Crippen LogP contribution in [0.25, 0.3) is 0 Å². The lowest BCUT2D eigenvalue weighted by Gasteiger charge is -2.23. The van der Waals surface area contributed by atoms with E-state index >= 15 is 0 Å². The van der Waals surface area contributed by atoms with E-state index in [4.69, 9.17) is 27.5 Å². The smallest absolute Gasteiger partial charge is 0.127 e. The summed E-state index contributed by atoms with van der Waals surface area (Å²) in [6, 6.07) is 0. The van der Waals surface area contributed by atoms with Crippen molar-refractivity contribution in [1.29, 1.82) is 0 Å². The number of nitrogens with two attached hydrogens (primary N) is 5. The van der Waals surface area contributed by atoms with Gasteiger partial charge in [0, 0.05) is 17.8 Å². The first kappa shape index (κ1) is 15.8. The maximum atomic E-state index is 5.43. The first-order valence-electron chi connectivity index (χ1n) is 3.19. The van der Waals surface area contributed by atoms with Crippen LogP contribution in [0.15, 0.2) is 0 Å². The molecule has 0 aliphatic rings. The number of rotatable bonds is 8. The topological polar surface area (TPSA) is 178 Å². The molecule has 2 unspecified atom stereocenters. The van der Waals surface area contributed by atoms with Crippen molar-refractivity contribution in [3.05, 3.63) is 0 Å². The van der Waals surface area contributed by atoms with E-state index in [1.165, 1.54) is 0 Å². The van der Waals surface area contributed by atoms with Crippen LogP contribution < -0.4 is 47.0 Å². The van der Waals surface area contributed by atoms with Gasteiger partial charge in [0.15, 0.2) is 0 Å². The molecule has 0 bridgehead atoms. The molecule has 0 saturated carbocycles. The molecule has 14 N–H and O–H groups in total. The molecular weight excluding hydrogens is 281 g/mol. The summed E-state index contributed by atoms with van der Waals surface area (Å²) in [5, 5.41) is 0. The van der Waals surface area contributed by atoms with Gasteiger partial charge >= 0.3 is 0 Å². The first-order chi connectivity index (χ1) is 6.56. The highest BCUT2D eigenvalue weighted by Crippen LogP contribution is 2.36. The molecule has 0 radical (unpaired) electrons. The predicted octanol–water partition coefficient (Wildman–Crippen LogP) is -1.16. The summed E-state index contributed by atoms with van der Waals surface area (Å²) in [6.07, 6.45) is 0. The third-order valence-electron chi connectivity index (χ3n) is 0.733. The van der Waals surface area contributed by atoms with Crippen molar-refractivity contribution in [2.75, 3.05) is 0 Å². The van der Waals surface area contributed by atoms with Gasteiger partial charge in [0.1, 0.15) is 25.1 Å². The van der Waals surface area contributed by atoms with Gasteiger partial charge in [0.25, 0.3) is 0 Å². The van der Waals surface area contributed by atoms with E-state index in [2.05, 4.69) is 19.4 Å². The molecule has 0 aliphatic carbocycles. The average Bonchev–Trinajstić information content (AvgIpc) is 2.02. The largest absolute Gasteiger partial charge is 0.300 e. The van der Waals surface area contributed by atoms with Gasteiger partial charge in [-0.15, -0.1) is 0 Å². The van der Waals surface area contributed by atoms with Crippen LogP contribution in [0.4, 0.5) is 0 Å². The highest BCUT2D eigenvalue weighted by molar-refractivity contribution is 7.76. The minimum Gasteiger partial charge on any atom is -0.300 e. The fraction of sp³-hybridized carbons (Fsp3) is 0. The van der Waals surface area contributed by atoms with Crippen molar-refractivity contribution >= 4 is 42.9 Å². The van der Waals surface area contributed by atoms with Crippen LogP contribution in [0.3, 0.4) is 0 Å². The SMILES string of the molecule is NPNPNP(NP(N)N)NP(N)N. The Morgan fingerprint density at radius 2 is 1.43 bits per heavy atom. The maximum Gasteiger partial charge on any atom is 0.127 e. The normalized spacial score (nSPS) is 13.7. The van der Waals surface area contributed by atoms with Gasteiger partial charge < -0.3 is 0 Å². The van der Waals surface area contributed by atoms with Gasteiger partial charge in [-0.1, -0.05) is 0 Å². The van der Waals surface area contributed by atoms with Crippen LogP contribution in [0.1, 0.15) is 0 Å². The van der Waals surface area contributed by atoms with Crippen molar-refractivity contribution < 1.29 is 0 Å². The lowest BCUT2D eigenvalue weighted by Crippen LogP contribution is -2.26. The number of hydrogen-bond acceptors (Lipinski definition) is 9. The second kappa shape index (κ2) is 9.98. The van der Waals surface area contributed by atoms with E-state index in [9.17, 15) is 0 Å². The molecule has 0 rings (SSSR count). The monoisotopic (exact) mass is 297 g/mol. The first-order valence-corrected chi connectivity index (χ1v) is 9.57. The molecule has 0 aromatic rings. The molecule has 0 saturated heterocycles. The molecule has 0 fully saturated rings. The summed E-state index contributed by atoms with van der Waals surface area (Å²) in [5.74, 6) is 0. The van der Waals surface area contributed by atoms with Crippen LogP contribution in [-0.2, 0) is 0 Å². The molecule has 9 nitrogen and oxygen atoms in total. The van der Waals surface area contributed by atoms with Crippen molar-refractivity contribution in [2.24, 2.45) is 27.5 Å². The molecule has 14 heavy (non-hydrogen) atoms. The zero-order chi connectivity index (χ0) is 11.0. The van der Waals surface area contributed by atoms with Crippen LogP contribution in [0, 0.1) is 0 Å². The van der Waals surface area contributed by atoms with Crippen LogP contribution in [0.2, 0.25) is 0 Å². The molecule has 0 amide bonds. The maximum absolute atomic E-state index is 5.43. The summed E-state index contributed by atoms with van der Waals surface area (Å²) in [4.78, 5) is 11.9. The van der Waals surface area contributed by atoms with Crippen LogP contribution in [0.5, 0.6) is 0 Å². The summed E-state index contributed by atoms with van der Waals surface area (Å²) >= 11 is 0. The summed E-state index contributed by atoms with van der Waals surface area (Å²) < 4.78 is 0. The minimum atomic E-state index is -1.19. The highest BCUT2D eigenvalue weighted by atomic mass is 31.2. The van der Waals surface area contributed by atoms with Crippen molar-refractivity contribution in [1.82, 2.24) is 19.4 Å². The van der Waals surface area contributed by atoms with Crippen molar-refractivity contribution in [3.8, 4) is 0 Å². The van der Waals surface area contributed by atoms with Crippen LogP contribution >= 0.6 is 42.9 Å². The quantitative estimate of drug-likeness (QED) is 0.197. The van der Waals surface area contributed by atoms with E-state index in [-0.39, 0.29) is 8.88 Å². The average molecular weight is 297 g/mol. The van der Waals surface area contributed by atoms with E-state index in [0.29, 0.717) is 8.88 Å². The standard InChI is InChI=1S/H16N9P5/c1-10-6-11-7-14(8-12(2)3)9-13(4)5/h6-11H,1-5H2. The Bertz CT molecular complexity index is 116. The Morgan fingerprint density at radius 3 is 1.79 bits per heavy atom. The third kappa shape index (κ3) is 10.3. The second-order valence-electron chi connectivity index (χ2n) is 1.86. The van der Waals surface area contributed by atoms with Crippen LogP contribution in [-0.4, -0.2) is 0 Å². The molecule has 0 aliphatic heterocycles. The Balaban J connectivity index is 3.72. The van der Waals surface area contributed by atoms with Gasteiger partial charge in [-0.25, -0.2) is 14.6 Å². The molecular formula is H16N9P5. The van der Waals surface area contributed by atoms with E-state index < -0.39 is 25.1 Å². The van der Waals surface area contributed by atoms with Gasteiger partial charge in [-0.3, -0.25) is 32.4 Å². The van der Waals surface area contributed by atoms with Gasteiger partial charge in [-0.05, 0) is 0 Å². The lowest BCUT2D eigenvalue weighted by atomic mass is 13.7. The summed E-state index contributed by atoms with van der Waals surface area (Å²) in [7, 11) is -2.84. The molecule has 0 heterocycles. The Hall–Kier alpha value is 1.79. The van der Waals surface area contributed by atoms with E-state index in [1.54, 1.807) is 0 Å². The zero-order valence-electron chi connectivity index (χ0n) is 7.23. The van der Waals surface area contributed by atoms with Gasteiger partial charge in [0.05, 0.1) is 0 Å². The fourth-order valence-electron chi connectivity index (χ4n) is 0.423. The van der Waals surface area contributed by atoms with E-state index in [0.717, 1.165) is 0 Å². The van der Waals surface area contributed by atoms with Gasteiger partial charge in [-0.2, -0.15) is 0 Å². The molecule has 0 spiro atoms.